The molecule has 0 saturated carbocycles. The van der Waals surface area contributed by atoms with Crippen LogP contribution in [0.5, 0.6) is 0 Å². The van der Waals surface area contributed by atoms with E-state index in [9.17, 15) is 12.8 Å². The molecule has 9 heteroatoms. The zero-order valence-corrected chi connectivity index (χ0v) is 15.5. The molecule has 112 valence electrons. The topological polar surface area (TPSA) is 46.2 Å². The fourth-order valence-electron chi connectivity index (χ4n) is 1.55. The van der Waals surface area contributed by atoms with Gasteiger partial charge >= 0.3 is 0 Å². The number of hydrogen-bond acceptors (Lipinski definition) is 2. The second kappa shape index (κ2) is 6.42. The van der Waals surface area contributed by atoms with E-state index < -0.39 is 15.8 Å². The Hall–Kier alpha value is -0.340. The summed E-state index contributed by atoms with van der Waals surface area (Å²) in [7, 11) is -4.12. The highest BCUT2D eigenvalue weighted by atomic mass is 79.9. The number of halogens is 5. The van der Waals surface area contributed by atoms with E-state index in [1.807, 2.05) is 0 Å². The van der Waals surface area contributed by atoms with Crippen LogP contribution in [0.4, 0.5) is 10.1 Å². The Bertz CT molecular complexity index is 792. The maximum absolute atomic E-state index is 13.7. The van der Waals surface area contributed by atoms with Gasteiger partial charge in [-0.25, -0.2) is 12.8 Å². The van der Waals surface area contributed by atoms with E-state index in [2.05, 4.69) is 36.6 Å². The Morgan fingerprint density at radius 3 is 2.10 bits per heavy atom. The van der Waals surface area contributed by atoms with Crippen LogP contribution in [0.25, 0.3) is 0 Å². The monoisotopic (exact) mass is 475 g/mol. The molecule has 0 saturated heterocycles. The molecule has 0 atom stereocenters. The van der Waals surface area contributed by atoms with Crippen LogP contribution in [0.2, 0.25) is 10.0 Å². The van der Waals surface area contributed by atoms with Crippen LogP contribution in [-0.4, -0.2) is 8.42 Å². The predicted molar refractivity (Wildman–Crippen MR) is 89.1 cm³/mol. The fraction of sp³-hybridized carbons (Fsp3) is 0. The van der Waals surface area contributed by atoms with Gasteiger partial charge in [0.1, 0.15) is 10.7 Å². The van der Waals surface area contributed by atoms with Gasteiger partial charge in [-0.15, -0.1) is 0 Å². The minimum atomic E-state index is -4.12. The van der Waals surface area contributed by atoms with Gasteiger partial charge in [-0.3, -0.25) is 4.72 Å². The molecule has 0 spiro atoms. The Morgan fingerprint density at radius 1 is 1.00 bits per heavy atom. The van der Waals surface area contributed by atoms with Crippen LogP contribution in [-0.2, 0) is 10.0 Å². The zero-order valence-electron chi connectivity index (χ0n) is 10.0. The maximum Gasteiger partial charge on any atom is 0.264 e. The molecule has 1 N–H and O–H groups in total. The minimum absolute atomic E-state index is 0.0700. The predicted octanol–water partition coefficient (Wildman–Crippen LogP) is 5.46. The lowest BCUT2D eigenvalue weighted by atomic mass is 10.3. The minimum Gasteiger partial charge on any atom is -0.277 e. The van der Waals surface area contributed by atoms with Gasteiger partial charge in [0.15, 0.2) is 0 Å². The van der Waals surface area contributed by atoms with Gasteiger partial charge in [-0.1, -0.05) is 55.1 Å². The smallest absolute Gasteiger partial charge is 0.264 e. The highest BCUT2D eigenvalue weighted by molar-refractivity contribution is 9.10. The van der Waals surface area contributed by atoms with E-state index in [-0.39, 0.29) is 20.6 Å². The van der Waals surface area contributed by atoms with Gasteiger partial charge in [-0.05, 0) is 30.3 Å². The standard InChI is InChI=1S/C12H6Br2Cl2FNO2S/c13-6-1-2-11(10(17)5-6)18-21(19,20)12-8(15)3-7(14)4-9(12)16/h1-5,18H. The van der Waals surface area contributed by atoms with Crippen molar-refractivity contribution < 1.29 is 12.8 Å². The first-order valence-corrected chi connectivity index (χ1v) is 9.15. The Kier molecular flexibility index (Phi) is 5.20. The van der Waals surface area contributed by atoms with Crippen molar-refractivity contribution in [1.29, 1.82) is 0 Å². The normalized spacial score (nSPS) is 11.5. The molecule has 0 radical (unpaired) electrons. The van der Waals surface area contributed by atoms with E-state index in [0.717, 1.165) is 6.07 Å². The van der Waals surface area contributed by atoms with Gasteiger partial charge in [0.2, 0.25) is 0 Å². The number of benzene rings is 2. The van der Waals surface area contributed by atoms with Crippen LogP contribution < -0.4 is 4.72 Å². The van der Waals surface area contributed by atoms with Gasteiger partial charge in [0.05, 0.1) is 15.7 Å². The average molecular weight is 478 g/mol. The molecule has 0 unspecified atom stereocenters. The summed E-state index contributed by atoms with van der Waals surface area (Å²) in [5.74, 6) is -0.725. The first kappa shape index (κ1) is 17.0. The molecule has 0 aliphatic heterocycles. The molecule has 0 fully saturated rings. The van der Waals surface area contributed by atoms with E-state index in [1.54, 1.807) is 0 Å². The third kappa shape index (κ3) is 3.90. The van der Waals surface area contributed by atoms with Crippen molar-refractivity contribution in [1.82, 2.24) is 0 Å². The van der Waals surface area contributed by atoms with Crippen LogP contribution in [0.3, 0.4) is 0 Å². The molecular weight excluding hydrogens is 472 g/mol. The summed E-state index contributed by atoms with van der Waals surface area (Å²) < 4.78 is 41.5. The average Bonchev–Trinajstić information content (AvgIpc) is 2.30. The van der Waals surface area contributed by atoms with Crippen LogP contribution >= 0.6 is 55.1 Å². The van der Waals surface area contributed by atoms with E-state index in [0.29, 0.717) is 8.95 Å². The Balaban J connectivity index is 2.48. The van der Waals surface area contributed by atoms with Crippen molar-refractivity contribution in [2.45, 2.75) is 4.90 Å². The van der Waals surface area contributed by atoms with Gasteiger partial charge in [0, 0.05) is 8.95 Å². The third-order valence-electron chi connectivity index (χ3n) is 2.41. The Labute approximate surface area is 147 Å². The van der Waals surface area contributed by atoms with Crippen LogP contribution in [0.1, 0.15) is 0 Å². The van der Waals surface area contributed by atoms with Crippen molar-refractivity contribution in [3.05, 3.63) is 55.1 Å². The van der Waals surface area contributed by atoms with E-state index >= 15 is 0 Å². The lowest BCUT2D eigenvalue weighted by Gasteiger charge is -2.12. The van der Waals surface area contributed by atoms with Crippen LogP contribution in [0, 0.1) is 5.82 Å². The molecule has 2 rings (SSSR count). The number of anilines is 1. The lowest BCUT2D eigenvalue weighted by Crippen LogP contribution is -2.15. The summed E-state index contributed by atoms with van der Waals surface area (Å²) in [5.41, 5.74) is -0.201. The van der Waals surface area contributed by atoms with E-state index in [4.69, 9.17) is 23.2 Å². The molecule has 0 aliphatic rings. The van der Waals surface area contributed by atoms with Gasteiger partial charge in [0.25, 0.3) is 10.0 Å². The van der Waals surface area contributed by atoms with Gasteiger partial charge in [-0.2, -0.15) is 0 Å². The molecule has 2 aromatic rings. The lowest BCUT2D eigenvalue weighted by molar-refractivity contribution is 0.598. The first-order chi connectivity index (χ1) is 9.70. The molecule has 21 heavy (non-hydrogen) atoms. The van der Waals surface area contributed by atoms with E-state index in [1.165, 1.54) is 24.3 Å². The number of hydrogen-bond donors (Lipinski definition) is 1. The first-order valence-electron chi connectivity index (χ1n) is 5.33. The molecule has 0 bridgehead atoms. The number of nitrogens with one attached hydrogen (secondary N) is 1. The SMILES string of the molecule is O=S(=O)(Nc1ccc(Br)cc1F)c1c(Cl)cc(Br)cc1Cl. The molecule has 0 aliphatic carbocycles. The molecule has 0 aromatic heterocycles. The highest BCUT2D eigenvalue weighted by Gasteiger charge is 2.23. The van der Waals surface area contributed by atoms with Crippen molar-refractivity contribution in [2.24, 2.45) is 0 Å². The molecule has 0 amide bonds. The molecule has 3 nitrogen and oxygen atoms in total. The summed E-state index contributed by atoms with van der Waals surface area (Å²) >= 11 is 18.1. The van der Waals surface area contributed by atoms with Crippen molar-refractivity contribution in [2.75, 3.05) is 4.72 Å². The second-order valence-electron chi connectivity index (χ2n) is 3.93. The Morgan fingerprint density at radius 2 is 1.57 bits per heavy atom. The maximum atomic E-state index is 13.7. The molecular formula is C12H6Br2Cl2FNO2S. The largest absolute Gasteiger partial charge is 0.277 e. The quantitative estimate of drug-likeness (QED) is 0.638. The van der Waals surface area contributed by atoms with Crippen LogP contribution in [0.15, 0.2) is 44.2 Å². The van der Waals surface area contributed by atoms with Crippen molar-refractivity contribution in [3.8, 4) is 0 Å². The summed E-state index contributed by atoms with van der Waals surface area (Å²) in [5, 5.41) is -0.140. The third-order valence-corrected chi connectivity index (χ3v) is 5.64. The number of sulfonamides is 1. The zero-order chi connectivity index (χ0) is 15.8. The fourth-order valence-corrected chi connectivity index (χ4v) is 4.89. The summed E-state index contributed by atoms with van der Waals surface area (Å²) in [6.07, 6.45) is 0. The summed E-state index contributed by atoms with van der Waals surface area (Å²) in [4.78, 5) is -0.309. The molecule has 2 aromatic carbocycles. The molecule has 0 heterocycles. The summed E-state index contributed by atoms with van der Waals surface area (Å²) in [6.45, 7) is 0. The van der Waals surface area contributed by atoms with Crippen molar-refractivity contribution >= 4 is 70.8 Å². The highest BCUT2D eigenvalue weighted by Crippen LogP contribution is 2.34. The number of rotatable bonds is 3. The van der Waals surface area contributed by atoms with Crippen molar-refractivity contribution in [3.63, 3.8) is 0 Å². The summed E-state index contributed by atoms with van der Waals surface area (Å²) in [6, 6.07) is 6.71. The van der Waals surface area contributed by atoms with Gasteiger partial charge < -0.3 is 0 Å². The second-order valence-corrected chi connectivity index (χ2v) is 8.19.